The van der Waals surface area contributed by atoms with Crippen LogP contribution in [0.3, 0.4) is 0 Å². The van der Waals surface area contributed by atoms with Crippen LogP contribution in [0.2, 0.25) is 0 Å². The molecule has 8 nitrogen and oxygen atoms in total. The Labute approximate surface area is 122 Å². The van der Waals surface area contributed by atoms with Crippen molar-refractivity contribution >= 4 is 11.8 Å². The van der Waals surface area contributed by atoms with E-state index in [0.29, 0.717) is 31.2 Å². The third-order valence-corrected chi connectivity index (χ3v) is 3.48. The molecule has 0 saturated carbocycles. The molecule has 0 bridgehead atoms. The van der Waals surface area contributed by atoms with Gasteiger partial charge >= 0.3 is 0 Å². The van der Waals surface area contributed by atoms with Crippen molar-refractivity contribution in [1.82, 2.24) is 10.1 Å². The topological polar surface area (TPSA) is 108 Å². The van der Waals surface area contributed by atoms with Crippen molar-refractivity contribution in [2.45, 2.75) is 25.4 Å². The minimum absolute atomic E-state index is 0.0823. The molecule has 21 heavy (non-hydrogen) atoms. The lowest BCUT2D eigenvalue weighted by molar-refractivity contribution is -0.160. The van der Waals surface area contributed by atoms with E-state index in [4.69, 9.17) is 19.7 Å². The summed E-state index contributed by atoms with van der Waals surface area (Å²) in [5, 5.41) is 3.67. The lowest BCUT2D eigenvalue weighted by atomic mass is 10.0. The number of hydrogen-bond acceptors (Lipinski definition) is 6. The highest BCUT2D eigenvalue weighted by Gasteiger charge is 2.39. The number of amides is 2. The summed E-state index contributed by atoms with van der Waals surface area (Å²) < 4.78 is 15.3. The Morgan fingerprint density at radius 1 is 1.57 bits per heavy atom. The summed E-state index contributed by atoms with van der Waals surface area (Å²) in [7, 11) is 1.49. The molecule has 8 heteroatoms. The summed E-state index contributed by atoms with van der Waals surface area (Å²) in [5.74, 6) is 0.303. The van der Waals surface area contributed by atoms with Crippen LogP contribution in [0, 0.1) is 0 Å². The van der Waals surface area contributed by atoms with Crippen LogP contribution in [0.15, 0.2) is 10.6 Å². The molecule has 2 amide bonds. The summed E-state index contributed by atoms with van der Waals surface area (Å²) in [6, 6.07) is 1.64. The number of methoxy groups -OCH3 is 1. The number of carbonyl (C=O) groups is 2. The first-order chi connectivity index (χ1) is 9.94. The molecule has 2 N–H and O–H groups in total. The zero-order valence-electron chi connectivity index (χ0n) is 12.1. The Morgan fingerprint density at radius 3 is 2.95 bits per heavy atom. The molecule has 1 atom stereocenters. The molecule has 0 aliphatic carbocycles. The summed E-state index contributed by atoms with van der Waals surface area (Å²) in [6.45, 7) is 2.50. The minimum Gasteiger partial charge on any atom is -0.479 e. The van der Waals surface area contributed by atoms with E-state index < -0.39 is 11.5 Å². The largest absolute Gasteiger partial charge is 0.479 e. The van der Waals surface area contributed by atoms with Gasteiger partial charge in [0.1, 0.15) is 5.76 Å². The Morgan fingerprint density at radius 2 is 2.33 bits per heavy atom. The molecule has 1 fully saturated rings. The predicted molar refractivity (Wildman–Crippen MR) is 71.5 cm³/mol. The van der Waals surface area contributed by atoms with Crippen molar-refractivity contribution in [2.24, 2.45) is 5.73 Å². The summed E-state index contributed by atoms with van der Waals surface area (Å²) >= 11 is 0. The second-order valence-electron chi connectivity index (χ2n) is 5.09. The highest BCUT2D eigenvalue weighted by atomic mass is 16.5. The van der Waals surface area contributed by atoms with E-state index in [9.17, 15) is 9.59 Å². The van der Waals surface area contributed by atoms with E-state index in [0.717, 1.165) is 0 Å². The number of aryl methyl sites for hydroxylation is 1. The third kappa shape index (κ3) is 3.52. The number of primary amides is 1. The smallest absolute Gasteiger partial charge is 0.254 e. The van der Waals surface area contributed by atoms with Crippen molar-refractivity contribution in [1.29, 1.82) is 0 Å². The van der Waals surface area contributed by atoms with Gasteiger partial charge < -0.3 is 24.6 Å². The molecule has 116 valence electrons. The molecule has 2 heterocycles. The molecular weight excluding hydrogens is 278 g/mol. The summed E-state index contributed by atoms with van der Waals surface area (Å²) in [5.41, 5.74) is 4.19. The van der Waals surface area contributed by atoms with Gasteiger partial charge in [-0.15, -0.1) is 0 Å². The van der Waals surface area contributed by atoms with Gasteiger partial charge in [0.05, 0.1) is 20.3 Å². The fourth-order valence-corrected chi connectivity index (χ4v) is 2.13. The Kier molecular flexibility index (Phi) is 4.46. The predicted octanol–water partition coefficient (Wildman–Crippen LogP) is -0.281. The highest BCUT2D eigenvalue weighted by Crippen LogP contribution is 2.19. The summed E-state index contributed by atoms with van der Waals surface area (Å²) in [4.78, 5) is 25.1. The van der Waals surface area contributed by atoms with E-state index in [2.05, 4.69) is 5.16 Å². The Balaban J connectivity index is 1.89. The quantitative estimate of drug-likeness (QED) is 0.800. The van der Waals surface area contributed by atoms with Crippen LogP contribution in [-0.4, -0.2) is 54.3 Å². The Hall–Kier alpha value is -2.09. The molecule has 1 aromatic rings. The second-order valence-corrected chi connectivity index (χ2v) is 5.09. The SMILES string of the molecule is COc1cc(CCC(=O)N2CCOC(C)(C(N)=O)C2)on1. The van der Waals surface area contributed by atoms with Gasteiger partial charge in [0, 0.05) is 25.5 Å². The first-order valence-corrected chi connectivity index (χ1v) is 6.66. The maximum Gasteiger partial charge on any atom is 0.254 e. The molecule has 1 unspecified atom stereocenters. The van der Waals surface area contributed by atoms with Crippen molar-refractivity contribution in [3.05, 3.63) is 11.8 Å². The molecule has 1 aliphatic rings. The van der Waals surface area contributed by atoms with Crippen LogP contribution in [-0.2, 0) is 20.7 Å². The standard InChI is InChI=1S/C13H19N3O5/c1-13(12(14)18)8-16(5-6-20-13)11(17)4-3-9-7-10(19-2)15-21-9/h7H,3-6,8H2,1-2H3,(H2,14,18). The summed E-state index contributed by atoms with van der Waals surface area (Å²) in [6.07, 6.45) is 0.674. The number of nitrogens with two attached hydrogens (primary N) is 1. The van der Waals surface area contributed by atoms with Crippen LogP contribution >= 0.6 is 0 Å². The number of ether oxygens (including phenoxy) is 2. The monoisotopic (exact) mass is 297 g/mol. The average molecular weight is 297 g/mol. The van der Waals surface area contributed by atoms with Crippen molar-refractivity contribution in [3.63, 3.8) is 0 Å². The zero-order chi connectivity index (χ0) is 15.5. The number of morpholine rings is 1. The van der Waals surface area contributed by atoms with Gasteiger partial charge in [-0.1, -0.05) is 0 Å². The van der Waals surface area contributed by atoms with Crippen molar-refractivity contribution < 1.29 is 23.6 Å². The van der Waals surface area contributed by atoms with Gasteiger partial charge in [-0.3, -0.25) is 9.59 Å². The number of aromatic nitrogens is 1. The van der Waals surface area contributed by atoms with Gasteiger partial charge in [-0.05, 0) is 12.1 Å². The zero-order valence-corrected chi connectivity index (χ0v) is 12.1. The number of nitrogens with zero attached hydrogens (tertiary/aromatic N) is 2. The molecule has 1 aliphatic heterocycles. The molecule has 0 radical (unpaired) electrons. The van der Waals surface area contributed by atoms with E-state index in [1.807, 2.05) is 0 Å². The fourth-order valence-electron chi connectivity index (χ4n) is 2.13. The number of hydrogen-bond donors (Lipinski definition) is 1. The first kappa shape index (κ1) is 15.3. The van der Waals surface area contributed by atoms with Crippen molar-refractivity contribution in [2.75, 3.05) is 26.8 Å². The van der Waals surface area contributed by atoms with Crippen molar-refractivity contribution in [3.8, 4) is 5.88 Å². The van der Waals surface area contributed by atoms with E-state index >= 15 is 0 Å². The maximum atomic E-state index is 12.2. The lowest BCUT2D eigenvalue weighted by Gasteiger charge is -2.38. The van der Waals surface area contributed by atoms with Crippen LogP contribution < -0.4 is 10.5 Å². The van der Waals surface area contributed by atoms with Gasteiger partial charge in [-0.2, -0.15) is 0 Å². The molecule has 1 saturated heterocycles. The van der Waals surface area contributed by atoms with Gasteiger partial charge in [0.25, 0.3) is 11.8 Å². The fraction of sp³-hybridized carbons (Fsp3) is 0.615. The van der Waals surface area contributed by atoms with Crippen LogP contribution in [0.1, 0.15) is 19.1 Å². The lowest BCUT2D eigenvalue weighted by Crippen LogP contribution is -2.58. The maximum absolute atomic E-state index is 12.2. The van der Waals surface area contributed by atoms with Crippen LogP contribution in [0.25, 0.3) is 0 Å². The molecule has 2 rings (SSSR count). The normalized spacial score (nSPS) is 22.1. The Bertz CT molecular complexity index is 530. The highest BCUT2D eigenvalue weighted by molar-refractivity contribution is 5.85. The minimum atomic E-state index is -1.12. The van der Waals surface area contributed by atoms with Gasteiger partial charge in [0.15, 0.2) is 5.60 Å². The van der Waals surface area contributed by atoms with E-state index in [1.54, 1.807) is 17.9 Å². The van der Waals surface area contributed by atoms with Gasteiger partial charge in [-0.25, -0.2) is 0 Å². The first-order valence-electron chi connectivity index (χ1n) is 6.66. The van der Waals surface area contributed by atoms with E-state index in [-0.39, 0.29) is 18.9 Å². The molecule has 0 spiro atoms. The molecule has 0 aromatic carbocycles. The van der Waals surface area contributed by atoms with Gasteiger partial charge in [0.2, 0.25) is 5.91 Å². The number of rotatable bonds is 5. The van der Waals surface area contributed by atoms with Crippen LogP contribution in [0.4, 0.5) is 0 Å². The second kappa shape index (κ2) is 6.13. The van der Waals surface area contributed by atoms with Crippen LogP contribution in [0.5, 0.6) is 5.88 Å². The molecular formula is C13H19N3O5. The number of carbonyl (C=O) groups excluding carboxylic acids is 2. The third-order valence-electron chi connectivity index (χ3n) is 3.48. The molecule has 1 aromatic heterocycles. The van der Waals surface area contributed by atoms with E-state index in [1.165, 1.54) is 7.11 Å². The average Bonchev–Trinajstić information content (AvgIpc) is 2.92.